The number of nitrogens with one attached hydrogen (secondary N) is 1. The number of rotatable bonds is 8. The van der Waals surface area contributed by atoms with Crippen molar-refractivity contribution in [2.75, 3.05) is 12.4 Å². The molecule has 0 fully saturated rings. The van der Waals surface area contributed by atoms with E-state index in [1.807, 2.05) is 0 Å². The van der Waals surface area contributed by atoms with Gasteiger partial charge < -0.3 is 15.2 Å². The van der Waals surface area contributed by atoms with E-state index >= 15 is 0 Å². The third kappa shape index (κ3) is 4.34. The lowest BCUT2D eigenvalue weighted by Gasteiger charge is -2.14. The van der Waals surface area contributed by atoms with E-state index in [1.54, 1.807) is 6.92 Å². The van der Waals surface area contributed by atoms with Crippen LogP contribution in [-0.4, -0.2) is 39.1 Å². The molecule has 1 aromatic rings. The van der Waals surface area contributed by atoms with E-state index < -0.39 is 10.9 Å². The van der Waals surface area contributed by atoms with Crippen molar-refractivity contribution in [3.8, 4) is 5.88 Å². The van der Waals surface area contributed by atoms with E-state index in [4.69, 9.17) is 9.84 Å². The van der Waals surface area contributed by atoms with E-state index in [9.17, 15) is 14.9 Å². The number of carboxylic acids is 1. The topological polar surface area (TPSA) is 127 Å². The SMILES string of the molecule is COc1ncnc(NC(C)CCCC(=O)O)c1[N+](=O)[O-]. The number of methoxy groups -OCH3 is 1. The Morgan fingerprint density at radius 1 is 1.60 bits per heavy atom. The Kier molecular flexibility index (Phi) is 5.63. The second-order valence-corrected chi connectivity index (χ2v) is 4.17. The molecule has 0 amide bonds. The van der Waals surface area contributed by atoms with Crippen molar-refractivity contribution in [3.05, 3.63) is 16.4 Å². The van der Waals surface area contributed by atoms with Crippen molar-refractivity contribution >= 4 is 17.5 Å². The van der Waals surface area contributed by atoms with Gasteiger partial charge in [-0.05, 0) is 19.8 Å². The molecule has 2 N–H and O–H groups in total. The fourth-order valence-corrected chi connectivity index (χ4v) is 1.65. The Morgan fingerprint density at radius 2 is 2.30 bits per heavy atom. The van der Waals surface area contributed by atoms with Crippen LogP contribution in [0.1, 0.15) is 26.2 Å². The first-order valence-corrected chi connectivity index (χ1v) is 5.97. The van der Waals surface area contributed by atoms with Gasteiger partial charge in [0, 0.05) is 12.5 Å². The van der Waals surface area contributed by atoms with E-state index in [-0.39, 0.29) is 29.8 Å². The number of carbonyl (C=O) groups is 1. The zero-order valence-electron chi connectivity index (χ0n) is 11.2. The smallest absolute Gasteiger partial charge is 0.372 e. The number of ether oxygens (including phenoxy) is 1. The fourth-order valence-electron chi connectivity index (χ4n) is 1.65. The number of carboxylic acid groups (broad SMARTS) is 1. The van der Waals surface area contributed by atoms with Crippen LogP contribution in [-0.2, 0) is 4.79 Å². The van der Waals surface area contributed by atoms with E-state index in [1.165, 1.54) is 7.11 Å². The molecule has 20 heavy (non-hydrogen) atoms. The van der Waals surface area contributed by atoms with Crippen molar-refractivity contribution in [1.29, 1.82) is 0 Å². The molecule has 110 valence electrons. The summed E-state index contributed by atoms with van der Waals surface area (Å²) in [5, 5.41) is 22.4. The highest BCUT2D eigenvalue weighted by Gasteiger charge is 2.24. The molecule has 1 unspecified atom stereocenters. The van der Waals surface area contributed by atoms with Crippen LogP contribution in [0, 0.1) is 10.1 Å². The van der Waals surface area contributed by atoms with Gasteiger partial charge in [0.15, 0.2) is 0 Å². The average molecular weight is 284 g/mol. The standard InChI is InChI=1S/C11H16N4O5/c1-7(4-3-5-8(16)17)14-10-9(15(18)19)11(20-2)13-6-12-10/h6-7H,3-5H2,1-2H3,(H,16,17)(H,12,13,14). The molecule has 9 heteroatoms. The molecule has 1 rings (SSSR count). The lowest BCUT2D eigenvalue weighted by atomic mass is 10.1. The second-order valence-electron chi connectivity index (χ2n) is 4.17. The van der Waals surface area contributed by atoms with Crippen molar-refractivity contribution in [2.24, 2.45) is 0 Å². The monoisotopic (exact) mass is 284 g/mol. The largest absolute Gasteiger partial charge is 0.481 e. The van der Waals surface area contributed by atoms with Gasteiger partial charge in [-0.15, -0.1) is 0 Å². The summed E-state index contributed by atoms with van der Waals surface area (Å²) in [5.41, 5.74) is -0.333. The van der Waals surface area contributed by atoms with Crippen LogP contribution in [0.25, 0.3) is 0 Å². The number of aliphatic carboxylic acids is 1. The van der Waals surface area contributed by atoms with Gasteiger partial charge in [-0.25, -0.2) is 4.98 Å². The number of hydrogen-bond acceptors (Lipinski definition) is 7. The Bertz CT molecular complexity index is 494. The molecule has 0 aliphatic carbocycles. The molecular weight excluding hydrogens is 268 g/mol. The quantitative estimate of drug-likeness (QED) is 0.542. The van der Waals surface area contributed by atoms with Gasteiger partial charge in [0.05, 0.1) is 12.0 Å². The summed E-state index contributed by atoms with van der Waals surface area (Å²) in [4.78, 5) is 28.3. The maximum atomic E-state index is 11.0. The van der Waals surface area contributed by atoms with Crippen molar-refractivity contribution in [2.45, 2.75) is 32.2 Å². The minimum atomic E-state index is -0.869. The maximum Gasteiger partial charge on any atom is 0.372 e. The zero-order valence-corrected chi connectivity index (χ0v) is 11.2. The number of nitrogens with zero attached hydrogens (tertiary/aromatic N) is 3. The van der Waals surface area contributed by atoms with Crippen molar-refractivity contribution < 1.29 is 19.6 Å². The molecular formula is C11H16N4O5. The molecule has 0 bridgehead atoms. The molecule has 0 saturated heterocycles. The second kappa shape index (κ2) is 7.22. The lowest BCUT2D eigenvalue weighted by Crippen LogP contribution is -2.18. The number of anilines is 1. The van der Waals surface area contributed by atoms with Crippen LogP contribution in [0.15, 0.2) is 6.33 Å². The third-order valence-corrected chi connectivity index (χ3v) is 2.58. The Hall–Kier alpha value is -2.45. The number of aromatic nitrogens is 2. The summed E-state index contributed by atoms with van der Waals surface area (Å²) in [6.45, 7) is 1.79. The normalized spacial score (nSPS) is 11.7. The number of hydrogen-bond donors (Lipinski definition) is 2. The minimum absolute atomic E-state index is 0.0568. The van der Waals surface area contributed by atoms with E-state index in [0.29, 0.717) is 12.8 Å². The van der Waals surface area contributed by atoms with Gasteiger partial charge in [-0.1, -0.05) is 0 Å². The summed E-state index contributed by atoms with van der Waals surface area (Å²) in [6, 6.07) is -0.160. The van der Waals surface area contributed by atoms with Gasteiger partial charge in [-0.2, -0.15) is 4.98 Å². The predicted octanol–water partition coefficient (Wildman–Crippen LogP) is 1.45. The van der Waals surface area contributed by atoms with Crippen LogP contribution < -0.4 is 10.1 Å². The molecule has 0 aliphatic rings. The molecule has 0 aliphatic heterocycles. The van der Waals surface area contributed by atoms with Crippen molar-refractivity contribution in [1.82, 2.24) is 9.97 Å². The molecule has 0 aromatic carbocycles. The summed E-state index contributed by atoms with van der Waals surface area (Å²) in [6.07, 6.45) is 2.24. The maximum absolute atomic E-state index is 11.0. The van der Waals surface area contributed by atoms with E-state index in [0.717, 1.165) is 6.33 Å². The molecule has 0 spiro atoms. The Morgan fingerprint density at radius 3 is 2.85 bits per heavy atom. The molecule has 1 atom stereocenters. The number of nitro groups is 1. The zero-order chi connectivity index (χ0) is 15.1. The first-order chi connectivity index (χ1) is 9.45. The highest BCUT2D eigenvalue weighted by atomic mass is 16.6. The summed E-state index contributed by atoms with van der Waals surface area (Å²) >= 11 is 0. The molecule has 9 nitrogen and oxygen atoms in total. The van der Waals surface area contributed by atoms with Gasteiger partial charge >= 0.3 is 11.7 Å². The highest BCUT2D eigenvalue weighted by Crippen LogP contribution is 2.30. The van der Waals surface area contributed by atoms with Crippen LogP contribution in [0.3, 0.4) is 0 Å². The predicted molar refractivity (Wildman–Crippen MR) is 69.8 cm³/mol. The van der Waals surface area contributed by atoms with Crippen LogP contribution in [0.5, 0.6) is 5.88 Å². The summed E-state index contributed by atoms with van der Waals surface area (Å²) < 4.78 is 4.83. The molecule has 1 aromatic heterocycles. The minimum Gasteiger partial charge on any atom is -0.481 e. The lowest BCUT2D eigenvalue weighted by molar-refractivity contribution is -0.385. The molecule has 1 heterocycles. The first-order valence-electron chi connectivity index (χ1n) is 5.97. The fraction of sp³-hybridized carbons (Fsp3) is 0.545. The first kappa shape index (κ1) is 15.6. The summed E-state index contributed by atoms with van der Waals surface area (Å²) in [7, 11) is 1.29. The third-order valence-electron chi connectivity index (χ3n) is 2.58. The molecule has 0 saturated carbocycles. The van der Waals surface area contributed by atoms with Crippen LogP contribution in [0.2, 0.25) is 0 Å². The Labute approximate surface area is 115 Å². The molecule has 0 radical (unpaired) electrons. The van der Waals surface area contributed by atoms with Gasteiger partial charge in [0.1, 0.15) is 6.33 Å². The van der Waals surface area contributed by atoms with Gasteiger partial charge in [0.25, 0.3) is 5.88 Å². The van der Waals surface area contributed by atoms with E-state index in [2.05, 4.69) is 15.3 Å². The van der Waals surface area contributed by atoms with Crippen LogP contribution >= 0.6 is 0 Å². The average Bonchev–Trinajstić information content (AvgIpc) is 2.37. The Balaban J connectivity index is 2.76. The highest BCUT2D eigenvalue weighted by molar-refractivity contribution is 5.66. The van der Waals surface area contributed by atoms with Crippen molar-refractivity contribution in [3.63, 3.8) is 0 Å². The van der Waals surface area contributed by atoms with Gasteiger partial charge in [-0.3, -0.25) is 14.9 Å². The van der Waals surface area contributed by atoms with Crippen LogP contribution in [0.4, 0.5) is 11.5 Å². The summed E-state index contributed by atoms with van der Waals surface area (Å²) in [5.74, 6) is -0.929. The van der Waals surface area contributed by atoms with Gasteiger partial charge in [0.2, 0.25) is 5.82 Å².